The van der Waals surface area contributed by atoms with E-state index >= 15 is 0 Å². The number of carbonyl (C=O) groups is 2. The Morgan fingerprint density at radius 3 is 2.73 bits per heavy atom. The fourth-order valence-corrected chi connectivity index (χ4v) is 2.64. The minimum atomic E-state index is -0.664. The van der Waals surface area contributed by atoms with Crippen LogP contribution in [0.5, 0.6) is 0 Å². The average molecular weight is 375 g/mol. The Labute approximate surface area is 139 Å². The summed E-state index contributed by atoms with van der Waals surface area (Å²) in [6.07, 6.45) is 5.17. The molecular formula is C16H23BrO5. The normalized spacial score (nSPS) is 25.1. The van der Waals surface area contributed by atoms with Crippen LogP contribution in [-0.2, 0) is 23.8 Å². The Bertz CT molecular complexity index is 444. The highest BCUT2D eigenvalue weighted by atomic mass is 79.9. The van der Waals surface area contributed by atoms with E-state index in [1.807, 2.05) is 6.08 Å². The van der Waals surface area contributed by atoms with Gasteiger partial charge in [-0.2, -0.15) is 0 Å². The Hall–Kier alpha value is -0.980. The number of halogens is 1. The van der Waals surface area contributed by atoms with Crippen LogP contribution in [0, 0.1) is 0 Å². The zero-order valence-corrected chi connectivity index (χ0v) is 14.8. The molecule has 22 heavy (non-hydrogen) atoms. The van der Waals surface area contributed by atoms with Gasteiger partial charge in [0.2, 0.25) is 0 Å². The van der Waals surface area contributed by atoms with Crippen LogP contribution < -0.4 is 0 Å². The van der Waals surface area contributed by atoms with E-state index in [9.17, 15) is 9.59 Å². The van der Waals surface area contributed by atoms with Crippen molar-refractivity contribution in [2.45, 2.75) is 51.9 Å². The highest BCUT2D eigenvalue weighted by Crippen LogP contribution is 2.27. The molecule has 0 aromatic heterocycles. The predicted molar refractivity (Wildman–Crippen MR) is 86.8 cm³/mol. The summed E-state index contributed by atoms with van der Waals surface area (Å²) in [5.74, 6) is -0.545. The number of carbonyl (C=O) groups excluding carboxylic acids is 2. The zero-order chi connectivity index (χ0) is 16.5. The van der Waals surface area contributed by atoms with Crippen molar-refractivity contribution in [3.05, 3.63) is 22.7 Å². The molecule has 0 radical (unpaired) electrons. The SMILES string of the molecule is CCCCO[C@@H]1C=C(Br)[C@@H](C(C)=O)O[C@@H]1/C=C/C(=O)OCC. The van der Waals surface area contributed by atoms with Crippen molar-refractivity contribution < 1.29 is 23.8 Å². The molecule has 0 unspecified atom stereocenters. The number of hydrogen-bond donors (Lipinski definition) is 0. The maximum Gasteiger partial charge on any atom is 0.330 e. The third kappa shape index (κ3) is 6.02. The van der Waals surface area contributed by atoms with E-state index in [2.05, 4.69) is 22.9 Å². The summed E-state index contributed by atoms with van der Waals surface area (Å²) < 4.78 is 17.0. The molecule has 5 nitrogen and oxygen atoms in total. The van der Waals surface area contributed by atoms with Crippen molar-refractivity contribution in [2.24, 2.45) is 0 Å². The van der Waals surface area contributed by atoms with Crippen LogP contribution in [0.15, 0.2) is 22.7 Å². The molecule has 0 saturated carbocycles. The highest BCUT2D eigenvalue weighted by Gasteiger charge is 2.32. The summed E-state index contributed by atoms with van der Waals surface area (Å²) in [6.45, 7) is 6.19. The molecule has 1 aliphatic rings. The molecule has 0 saturated heterocycles. The first kappa shape index (κ1) is 19.1. The third-order valence-corrected chi connectivity index (χ3v) is 3.76. The van der Waals surface area contributed by atoms with E-state index < -0.39 is 18.2 Å². The van der Waals surface area contributed by atoms with Crippen molar-refractivity contribution in [3.8, 4) is 0 Å². The van der Waals surface area contributed by atoms with Gasteiger partial charge in [-0.3, -0.25) is 4.79 Å². The van der Waals surface area contributed by atoms with Crippen LogP contribution in [0.1, 0.15) is 33.6 Å². The fourth-order valence-electron chi connectivity index (χ4n) is 1.95. The molecule has 0 fully saturated rings. The fraction of sp³-hybridized carbons (Fsp3) is 0.625. The van der Waals surface area contributed by atoms with Crippen LogP contribution in [0.4, 0.5) is 0 Å². The van der Waals surface area contributed by atoms with Gasteiger partial charge in [0.25, 0.3) is 0 Å². The van der Waals surface area contributed by atoms with Crippen LogP contribution in [0.3, 0.4) is 0 Å². The molecule has 6 heteroatoms. The van der Waals surface area contributed by atoms with E-state index in [0.29, 0.717) is 17.7 Å². The lowest BCUT2D eigenvalue weighted by atomic mass is 10.1. The van der Waals surface area contributed by atoms with Gasteiger partial charge < -0.3 is 14.2 Å². The van der Waals surface area contributed by atoms with Gasteiger partial charge >= 0.3 is 5.97 Å². The highest BCUT2D eigenvalue weighted by molar-refractivity contribution is 9.11. The van der Waals surface area contributed by atoms with E-state index in [-0.39, 0.29) is 11.9 Å². The predicted octanol–water partition coefficient (Wildman–Crippen LogP) is 2.93. The molecule has 0 aliphatic carbocycles. The monoisotopic (exact) mass is 374 g/mol. The van der Waals surface area contributed by atoms with Crippen molar-refractivity contribution in [3.63, 3.8) is 0 Å². The molecule has 1 heterocycles. The lowest BCUT2D eigenvalue weighted by molar-refractivity contribution is -0.137. The quantitative estimate of drug-likeness (QED) is 0.371. The van der Waals surface area contributed by atoms with Crippen LogP contribution in [0.2, 0.25) is 0 Å². The Morgan fingerprint density at radius 2 is 2.14 bits per heavy atom. The standard InChI is InChI=1S/C16H23BrO5/c1-4-6-9-21-14-10-12(17)16(11(3)18)22-13(14)7-8-15(19)20-5-2/h7-8,10,13-14,16H,4-6,9H2,1-3H3/b8-7+/t13-,14-,16-/m1/s1. The largest absolute Gasteiger partial charge is 0.463 e. The van der Waals surface area contributed by atoms with E-state index in [4.69, 9.17) is 14.2 Å². The van der Waals surface area contributed by atoms with Gasteiger partial charge in [-0.1, -0.05) is 29.3 Å². The van der Waals surface area contributed by atoms with Crippen LogP contribution in [0.25, 0.3) is 0 Å². The summed E-state index contributed by atoms with van der Waals surface area (Å²) in [5.41, 5.74) is 0. The molecule has 1 rings (SSSR count). The summed E-state index contributed by atoms with van der Waals surface area (Å²) in [5, 5.41) is 0. The third-order valence-electron chi connectivity index (χ3n) is 3.08. The minimum Gasteiger partial charge on any atom is -0.463 e. The minimum absolute atomic E-state index is 0.107. The molecule has 0 N–H and O–H groups in total. The molecule has 0 aromatic carbocycles. The number of ketones is 1. The summed E-state index contributed by atoms with van der Waals surface area (Å²) >= 11 is 3.36. The Kier molecular flexibility index (Phi) is 8.60. The smallest absolute Gasteiger partial charge is 0.330 e. The average Bonchev–Trinajstić information content (AvgIpc) is 2.46. The second kappa shape index (κ2) is 9.92. The van der Waals surface area contributed by atoms with Gasteiger partial charge in [0.1, 0.15) is 18.3 Å². The molecule has 1 aliphatic heterocycles. The van der Waals surface area contributed by atoms with Crippen LogP contribution >= 0.6 is 15.9 Å². The number of hydrogen-bond acceptors (Lipinski definition) is 5. The molecule has 0 bridgehead atoms. The van der Waals surface area contributed by atoms with E-state index in [1.54, 1.807) is 13.0 Å². The number of Topliss-reactive ketones (excluding diaryl/α,β-unsaturated/α-hetero) is 1. The molecule has 3 atom stereocenters. The Morgan fingerprint density at radius 1 is 1.41 bits per heavy atom. The number of unbranched alkanes of at least 4 members (excludes halogenated alkanes) is 1. The van der Waals surface area contributed by atoms with Gasteiger partial charge in [-0.05, 0) is 32.4 Å². The second-order valence-corrected chi connectivity index (χ2v) is 5.86. The van der Waals surface area contributed by atoms with Gasteiger partial charge in [0.15, 0.2) is 5.78 Å². The van der Waals surface area contributed by atoms with Crippen molar-refractivity contribution in [1.29, 1.82) is 0 Å². The van der Waals surface area contributed by atoms with Gasteiger partial charge in [0, 0.05) is 17.2 Å². The van der Waals surface area contributed by atoms with Crippen molar-refractivity contribution in [2.75, 3.05) is 13.2 Å². The molecule has 0 spiro atoms. The molecule has 0 amide bonds. The number of esters is 1. The second-order valence-electron chi connectivity index (χ2n) is 4.94. The maximum absolute atomic E-state index is 11.6. The maximum atomic E-state index is 11.6. The number of rotatable bonds is 8. The summed E-state index contributed by atoms with van der Waals surface area (Å²) in [6, 6.07) is 0. The lowest BCUT2D eigenvalue weighted by Crippen LogP contribution is -2.40. The van der Waals surface area contributed by atoms with Crippen molar-refractivity contribution in [1.82, 2.24) is 0 Å². The Balaban J connectivity index is 2.82. The molecular weight excluding hydrogens is 352 g/mol. The van der Waals surface area contributed by atoms with E-state index in [1.165, 1.54) is 13.0 Å². The molecule has 124 valence electrons. The van der Waals surface area contributed by atoms with Gasteiger partial charge in [0.05, 0.1) is 6.61 Å². The van der Waals surface area contributed by atoms with Gasteiger partial charge in [-0.15, -0.1) is 0 Å². The van der Waals surface area contributed by atoms with Crippen LogP contribution in [-0.4, -0.2) is 43.3 Å². The lowest BCUT2D eigenvalue weighted by Gasteiger charge is -2.31. The summed E-state index contributed by atoms with van der Waals surface area (Å²) in [4.78, 5) is 23.0. The topological polar surface area (TPSA) is 61.8 Å². The molecule has 0 aromatic rings. The number of ether oxygens (including phenoxy) is 3. The first-order valence-corrected chi connectivity index (χ1v) is 8.28. The van der Waals surface area contributed by atoms with E-state index in [0.717, 1.165) is 12.8 Å². The first-order chi connectivity index (χ1) is 10.5. The van der Waals surface area contributed by atoms with Crippen molar-refractivity contribution >= 4 is 27.7 Å². The summed E-state index contributed by atoms with van der Waals surface area (Å²) in [7, 11) is 0. The first-order valence-electron chi connectivity index (χ1n) is 7.49. The van der Waals surface area contributed by atoms with Gasteiger partial charge in [-0.25, -0.2) is 4.79 Å². The zero-order valence-electron chi connectivity index (χ0n) is 13.2.